The molecule has 0 aliphatic heterocycles. The molecule has 1 aromatic rings. The van der Waals surface area contributed by atoms with Crippen molar-refractivity contribution in [2.24, 2.45) is 5.73 Å². The zero-order chi connectivity index (χ0) is 12.5. The highest BCUT2D eigenvalue weighted by molar-refractivity contribution is 5.81. The van der Waals surface area contributed by atoms with Crippen LogP contribution in [0.3, 0.4) is 0 Å². The van der Waals surface area contributed by atoms with Crippen molar-refractivity contribution in [2.45, 2.75) is 12.8 Å². The molecule has 0 aliphatic carbocycles. The minimum atomic E-state index is -1.33. The third kappa shape index (κ3) is 2.13. The van der Waals surface area contributed by atoms with E-state index in [-0.39, 0.29) is 5.56 Å². The molecule has 5 nitrogen and oxygen atoms in total. The van der Waals surface area contributed by atoms with Crippen LogP contribution in [0.15, 0.2) is 12.1 Å². The van der Waals surface area contributed by atoms with Crippen LogP contribution in [0.5, 0.6) is 0 Å². The maximum Gasteiger partial charge on any atom is 0.340 e. The van der Waals surface area contributed by atoms with Gasteiger partial charge in [0, 0.05) is 0 Å². The van der Waals surface area contributed by atoms with E-state index < -0.39 is 34.1 Å². The molecule has 7 heteroatoms. The third-order valence-electron chi connectivity index (χ3n) is 2.15. The Kier molecular flexibility index (Phi) is 3.17. The van der Waals surface area contributed by atoms with Gasteiger partial charge in [0.25, 0.3) is 0 Å². The molecule has 1 atom stereocenters. The molecule has 0 bridgehead atoms. The zero-order valence-electron chi connectivity index (χ0n) is 8.24. The number of nitrogens with zero attached hydrogens (tertiary/aromatic N) is 1. The molecular weight excluding hydrogens is 222 g/mol. The first-order valence-electron chi connectivity index (χ1n) is 4.27. The molecule has 0 aliphatic rings. The van der Waals surface area contributed by atoms with Gasteiger partial charge in [-0.15, -0.1) is 0 Å². The Morgan fingerprint density at radius 3 is 2.19 bits per heavy atom. The average Bonchev–Trinajstić information content (AvgIpc) is 2.14. The van der Waals surface area contributed by atoms with Crippen LogP contribution in [-0.4, -0.2) is 10.8 Å². The molecule has 0 saturated carbocycles. The second-order valence-corrected chi connectivity index (χ2v) is 3.21. The van der Waals surface area contributed by atoms with Gasteiger partial charge in [-0.2, -0.15) is 8.78 Å². The molecule has 1 amide bonds. The second kappa shape index (κ2) is 4.21. The van der Waals surface area contributed by atoms with Crippen LogP contribution in [0.1, 0.15) is 18.4 Å². The summed E-state index contributed by atoms with van der Waals surface area (Å²) < 4.78 is 26.3. The normalized spacial score (nSPS) is 12.2. The number of nitrogens with two attached hydrogens (primary N) is 1. The summed E-state index contributed by atoms with van der Waals surface area (Å²) in [4.78, 5) is 19.9. The lowest BCUT2D eigenvalue weighted by Gasteiger charge is -2.07. The van der Waals surface area contributed by atoms with Gasteiger partial charge in [-0.1, -0.05) is 0 Å². The summed E-state index contributed by atoms with van der Waals surface area (Å²) in [7, 11) is 0. The molecule has 16 heavy (non-hydrogen) atoms. The van der Waals surface area contributed by atoms with E-state index in [1.807, 2.05) is 0 Å². The van der Waals surface area contributed by atoms with E-state index in [0.717, 1.165) is 12.1 Å². The van der Waals surface area contributed by atoms with Crippen LogP contribution in [0.2, 0.25) is 0 Å². The van der Waals surface area contributed by atoms with Gasteiger partial charge in [-0.3, -0.25) is 14.9 Å². The van der Waals surface area contributed by atoms with Crippen molar-refractivity contribution in [3.8, 4) is 0 Å². The summed E-state index contributed by atoms with van der Waals surface area (Å²) in [6.07, 6.45) is 0. The van der Waals surface area contributed by atoms with E-state index in [1.165, 1.54) is 6.92 Å². The average molecular weight is 230 g/mol. The molecule has 86 valence electrons. The lowest BCUT2D eigenvalue weighted by molar-refractivity contribution is -0.390. The molecule has 1 rings (SSSR count). The molecule has 0 heterocycles. The highest BCUT2D eigenvalue weighted by Gasteiger charge is 2.24. The Labute approximate surface area is 89.0 Å². The molecule has 0 spiro atoms. The summed E-state index contributed by atoms with van der Waals surface area (Å²) in [5.41, 5.74) is 3.68. The minimum Gasteiger partial charge on any atom is -0.369 e. The largest absolute Gasteiger partial charge is 0.369 e. The van der Waals surface area contributed by atoms with Gasteiger partial charge in [-0.25, -0.2) is 0 Å². The van der Waals surface area contributed by atoms with E-state index in [4.69, 9.17) is 5.73 Å². The number of carbonyl (C=O) groups excluding carboxylic acids is 1. The Morgan fingerprint density at radius 2 is 1.88 bits per heavy atom. The Balaban J connectivity index is 3.30. The molecular formula is C9H8F2N2O3. The quantitative estimate of drug-likeness (QED) is 0.629. The van der Waals surface area contributed by atoms with E-state index in [9.17, 15) is 23.7 Å². The summed E-state index contributed by atoms with van der Waals surface area (Å²) in [6, 6.07) is 1.47. The first-order valence-corrected chi connectivity index (χ1v) is 4.27. The number of primary amides is 1. The smallest absolute Gasteiger partial charge is 0.340 e. The van der Waals surface area contributed by atoms with Gasteiger partial charge in [0.2, 0.25) is 17.5 Å². The summed E-state index contributed by atoms with van der Waals surface area (Å²) in [6.45, 7) is 1.35. The van der Waals surface area contributed by atoms with Crippen LogP contribution in [0, 0.1) is 21.7 Å². The van der Waals surface area contributed by atoms with Crippen LogP contribution in [-0.2, 0) is 4.79 Å². The first-order chi connectivity index (χ1) is 7.34. The van der Waals surface area contributed by atoms with Crippen molar-refractivity contribution in [1.29, 1.82) is 0 Å². The van der Waals surface area contributed by atoms with Crippen molar-refractivity contribution in [1.82, 2.24) is 0 Å². The van der Waals surface area contributed by atoms with E-state index in [2.05, 4.69) is 0 Å². The van der Waals surface area contributed by atoms with Gasteiger partial charge in [-0.05, 0) is 24.6 Å². The van der Waals surface area contributed by atoms with Crippen LogP contribution in [0.25, 0.3) is 0 Å². The minimum absolute atomic E-state index is 0.0342. The maximum absolute atomic E-state index is 13.2. The number of halogens is 2. The van der Waals surface area contributed by atoms with Gasteiger partial charge < -0.3 is 5.73 Å². The van der Waals surface area contributed by atoms with Gasteiger partial charge in [0.15, 0.2) is 0 Å². The van der Waals surface area contributed by atoms with Crippen molar-refractivity contribution < 1.29 is 18.5 Å². The lowest BCUT2D eigenvalue weighted by atomic mass is 10.00. The van der Waals surface area contributed by atoms with Crippen molar-refractivity contribution in [3.63, 3.8) is 0 Å². The Bertz CT molecular complexity index is 439. The highest BCUT2D eigenvalue weighted by Crippen LogP contribution is 2.26. The Hall–Kier alpha value is -2.05. The predicted octanol–water partition coefficient (Wildman–Crippen LogP) is 1.46. The van der Waals surface area contributed by atoms with Crippen molar-refractivity contribution in [2.75, 3.05) is 0 Å². The number of nitro groups is 1. The number of hydrogen-bond acceptors (Lipinski definition) is 3. The number of rotatable bonds is 3. The maximum atomic E-state index is 13.2. The number of benzene rings is 1. The fraction of sp³-hybridized carbons (Fsp3) is 0.222. The van der Waals surface area contributed by atoms with E-state index in [0.29, 0.717) is 0 Å². The highest BCUT2D eigenvalue weighted by atomic mass is 19.1. The molecule has 1 aromatic carbocycles. The van der Waals surface area contributed by atoms with Crippen molar-refractivity contribution >= 4 is 11.6 Å². The zero-order valence-corrected chi connectivity index (χ0v) is 8.24. The lowest BCUT2D eigenvalue weighted by Crippen LogP contribution is -2.19. The molecule has 0 fully saturated rings. The Morgan fingerprint density at radius 1 is 1.44 bits per heavy atom. The van der Waals surface area contributed by atoms with Crippen LogP contribution in [0.4, 0.5) is 14.5 Å². The number of amides is 1. The SMILES string of the molecule is CC(C(N)=O)c1cc(F)c([N+](=O)[O-])c(F)c1. The fourth-order valence-electron chi connectivity index (χ4n) is 1.17. The molecule has 0 radical (unpaired) electrons. The second-order valence-electron chi connectivity index (χ2n) is 3.21. The van der Waals surface area contributed by atoms with Gasteiger partial charge >= 0.3 is 5.69 Å². The van der Waals surface area contributed by atoms with Gasteiger partial charge in [0.05, 0.1) is 10.8 Å². The number of carbonyl (C=O) groups is 1. The van der Waals surface area contributed by atoms with Crippen LogP contribution < -0.4 is 5.73 Å². The summed E-state index contributed by atoms with van der Waals surface area (Å²) in [5.74, 6) is -4.33. The predicted molar refractivity (Wildman–Crippen MR) is 50.6 cm³/mol. The molecule has 0 aromatic heterocycles. The molecule has 2 N–H and O–H groups in total. The van der Waals surface area contributed by atoms with Gasteiger partial charge in [0.1, 0.15) is 0 Å². The topological polar surface area (TPSA) is 86.2 Å². The first kappa shape index (κ1) is 12.0. The molecule has 0 saturated heterocycles. The summed E-state index contributed by atoms with van der Waals surface area (Å²) >= 11 is 0. The van der Waals surface area contributed by atoms with Crippen molar-refractivity contribution in [3.05, 3.63) is 39.4 Å². The third-order valence-corrected chi connectivity index (χ3v) is 2.15. The number of nitro benzene ring substituents is 1. The molecule has 1 unspecified atom stereocenters. The fourth-order valence-corrected chi connectivity index (χ4v) is 1.17. The standard InChI is InChI=1S/C9H8F2N2O3/c1-4(9(12)14)5-2-6(10)8(13(15)16)7(11)3-5/h2-4H,1H3,(H2,12,14). The van der Waals surface area contributed by atoms with E-state index in [1.54, 1.807) is 0 Å². The monoisotopic (exact) mass is 230 g/mol. The summed E-state index contributed by atoms with van der Waals surface area (Å²) in [5, 5.41) is 10.3. The van der Waals surface area contributed by atoms with Crippen LogP contribution >= 0.6 is 0 Å². The van der Waals surface area contributed by atoms with E-state index >= 15 is 0 Å². The number of hydrogen-bond donors (Lipinski definition) is 1.